The number of aliphatic hydroxyl groups is 1. The van der Waals surface area contributed by atoms with Crippen molar-refractivity contribution in [2.45, 2.75) is 62.6 Å². The summed E-state index contributed by atoms with van der Waals surface area (Å²) < 4.78 is 28.5. The second-order valence-corrected chi connectivity index (χ2v) is 13.9. The minimum Gasteiger partial charge on any atom is -0.476 e. The number of nitrogens with two attached hydrogens (primary N) is 1. The number of imidazole rings is 1. The minimum absolute atomic E-state index is 0.0641. The third-order valence-electron chi connectivity index (χ3n) is 5.75. The monoisotopic (exact) mass is 648 g/mol. The number of benzene rings is 1. The predicted molar refractivity (Wildman–Crippen MR) is 156 cm³/mol. The Morgan fingerprint density at radius 2 is 2.00 bits per heavy atom. The third kappa shape index (κ3) is 7.20. The highest BCUT2D eigenvalue weighted by atomic mass is 35.5. The molecule has 17 heteroatoms. The van der Waals surface area contributed by atoms with E-state index in [0.29, 0.717) is 17.9 Å². The van der Waals surface area contributed by atoms with Gasteiger partial charge in [-0.15, -0.1) is 0 Å². The number of halogens is 2. The van der Waals surface area contributed by atoms with Crippen LogP contribution in [0.25, 0.3) is 11.2 Å². The van der Waals surface area contributed by atoms with Crippen molar-refractivity contribution in [3.8, 4) is 11.6 Å². The van der Waals surface area contributed by atoms with E-state index in [1.807, 2.05) is 6.07 Å². The molecule has 0 spiro atoms. The van der Waals surface area contributed by atoms with Crippen molar-refractivity contribution in [2.75, 3.05) is 18.9 Å². The van der Waals surface area contributed by atoms with Crippen LogP contribution in [-0.4, -0.2) is 72.5 Å². The number of hydrogen-bond donors (Lipinski definition) is 3. The summed E-state index contributed by atoms with van der Waals surface area (Å²) in [7, 11) is 0. The van der Waals surface area contributed by atoms with E-state index in [2.05, 4.69) is 20.0 Å². The number of para-hydroxylation sites is 1. The number of alkyl halides is 2. The van der Waals surface area contributed by atoms with Crippen molar-refractivity contribution in [3.05, 3.63) is 36.7 Å². The summed E-state index contributed by atoms with van der Waals surface area (Å²) in [5.74, 6) is -0.00981. The van der Waals surface area contributed by atoms with Gasteiger partial charge in [-0.25, -0.2) is 10.1 Å². The average molecular weight is 649 g/mol. The summed E-state index contributed by atoms with van der Waals surface area (Å²) in [5.41, 5.74) is 6.41. The Kier molecular flexibility index (Phi) is 9.97. The van der Waals surface area contributed by atoms with E-state index in [1.165, 1.54) is 10.9 Å². The van der Waals surface area contributed by atoms with Crippen LogP contribution in [0.2, 0.25) is 0 Å². The zero-order chi connectivity index (χ0) is 29.9. The summed E-state index contributed by atoms with van der Waals surface area (Å²) in [6.45, 7) is 3.44. The fourth-order valence-electron chi connectivity index (χ4n) is 3.93. The molecule has 3 heterocycles. The quantitative estimate of drug-likeness (QED) is 0.149. The van der Waals surface area contributed by atoms with Gasteiger partial charge in [0, 0.05) is 0 Å². The van der Waals surface area contributed by atoms with Gasteiger partial charge in [0.2, 0.25) is 11.8 Å². The molecule has 13 nitrogen and oxygen atoms in total. The highest BCUT2D eigenvalue weighted by Gasteiger charge is 2.56. The molecule has 1 aromatic carbocycles. The van der Waals surface area contributed by atoms with Crippen LogP contribution in [0.3, 0.4) is 0 Å². The number of esters is 1. The lowest BCUT2D eigenvalue weighted by molar-refractivity contribution is -0.149. The van der Waals surface area contributed by atoms with Crippen molar-refractivity contribution in [1.29, 1.82) is 0 Å². The van der Waals surface area contributed by atoms with Gasteiger partial charge in [0.05, 0.1) is 25.6 Å². The number of carbonyl (C=O) groups excluding carboxylic acids is 1. The van der Waals surface area contributed by atoms with Crippen LogP contribution >= 0.6 is 29.8 Å². The van der Waals surface area contributed by atoms with Crippen LogP contribution < -0.4 is 20.1 Å². The highest BCUT2D eigenvalue weighted by Crippen LogP contribution is 2.50. The van der Waals surface area contributed by atoms with Crippen molar-refractivity contribution in [1.82, 2.24) is 24.6 Å². The van der Waals surface area contributed by atoms with Gasteiger partial charge in [-0.1, -0.05) is 41.4 Å². The van der Waals surface area contributed by atoms with E-state index >= 15 is 0 Å². The fraction of sp³-hybridized carbons (Fsp3) is 0.500. The number of fused-ring (bicyclic) bond motifs is 1. The summed E-state index contributed by atoms with van der Waals surface area (Å²) >= 11 is 19.0. The lowest BCUT2D eigenvalue weighted by Gasteiger charge is -2.28. The molecular weight excluding hydrogens is 618 g/mol. The fourth-order valence-corrected chi connectivity index (χ4v) is 6.94. The number of aromatic nitrogens is 4. The lowest BCUT2D eigenvalue weighted by Crippen LogP contribution is -2.39. The molecule has 1 saturated heterocycles. The molecule has 1 aliphatic heterocycles. The maximum atomic E-state index is 12.5. The Morgan fingerprint density at radius 3 is 2.66 bits per heavy atom. The first-order valence-electron chi connectivity index (χ1n) is 12.7. The minimum atomic E-state index is -3.42. The van der Waals surface area contributed by atoms with E-state index in [4.69, 9.17) is 64.0 Å². The lowest BCUT2D eigenvalue weighted by atomic mass is 10.2. The Bertz CT molecular complexity index is 1420. The maximum absolute atomic E-state index is 12.5. The van der Waals surface area contributed by atoms with Gasteiger partial charge in [-0.05, 0) is 51.6 Å². The number of nitrogens with one attached hydrogen (secondary N) is 1. The Hall–Kier alpha value is -2.29. The summed E-state index contributed by atoms with van der Waals surface area (Å²) in [4.78, 5) is 25.1. The first-order chi connectivity index (χ1) is 19.3. The molecule has 2 aromatic heterocycles. The van der Waals surface area contributed by atoms with Gasteiger partial charge in [-0.3, -0.25) is 9.36 Å². The zero-order valence-electron chi connectivity index (χ0n) is 22.6. The van der Waals surface area contributed by atoms with Crippen molar-refractivity contribution in [2.24, 2.45) is 0 Å². The van der Waals surface area contributed by atoms with E-state index in [0.717, 1.165) is 0 Å². The van der Waals surface area contributed by atoms with E-state index in [1.54, 1.807) is 52.0 Å². The highest BCUT2D eigenvalue weighted by molar-refractivity contribution is 8.09. The molecule has 0 aliphatic carbocycles. The molecule has 3 aromatic rings. The van der Waals surface area contributed by atoms with E-state index in [9.17, 15) is 9.90 Å². The topological polar surface area (TPSA) is 165 Å². The van der Waals surface area contributed by atoms with Crippen molar-refractivity contribution >= 4 is 64.7 Å². The number of nitrogen functional groups attached to an aromatic ring is 1. The summed E-state index contributed by atoms with van der Waals surface area (Å²) in [5, 5.41) is 14.0. The molecule has 0 radical (unpaired) electrons. The molecule has 0 bridgehead atoms. The normalized spacial score (nSPS) is 22.4. The molecule has 0 saturated carbocycles. The van der Waals surface area contributed by atoms with E-state index in [-0.39, 0.29) is 30.2 Å². The van der Waals surface area contributed by atoms with Gasteiger partial charge < -0.3 is 34.1 Å². The zero-order valence-corrected chi connectivity index (χ0v) is 25.9. The molecular formula is C24H31Cl2N6O7PS. The molecule has 224 valence electrons. The molecule has 41 heavy (non-hydrogen) atoms. The van der Waals surface area contributed by atoms with Gasteiger partial charge in [0.15, 0.2) is 21.7 Å². The maximum Gasteiger partial charge on any atom is 0.323 e. The smallest absolute Gasteiger partial charge is 0.323 e. The average Bonchev–Trinajstić information content (AvgIpc) is 3.41. The van der Waals surface area contributed by atoms with Crippen LogP contribution in [0, 0.1) is 0 Å². The molecule has 0 amide bonds. The first-order valence-corrected chi connectivity index (χ1v) is 16.1. The second kappa shape index (κ2) is 12.9. The van der Waals surface area contributed by atoms with Crippen LogP contribution in [0.1, 0.15) is 33.9 Å². The number of rotatable bonds is 12. The third-order valence-corrected chi connectivity index (χ3v) is 9.07. The van der Waals surface area contributed by atoms with Gasteiger partial charge in [-0.2, -0.15) is 9.97 Å². The number of anilines is 1. The SMILES string of the molecule is CCOc1nc(N)nc2c1ncn2[C@@H]1O[C@H](CO[P@](=S)(N[C@H](C)C(=O)OC(C)C)Oc2ccccc2)[C@@H](O)C1(Cl)Cl. The second-order valence-electron chi connectivity index (χ2n) is 9.32. The molecule has 0 unspecified atom stereocenters. The van der Waals surface area contributed by atoms with Crippen LogP contribution in [-0.2, 0) is 30.6 Å². The van der Waals surface area contributed by atoms with Crippen LogP contribution in [0.15, 0.2) is 36.7 Å². The van der Waals surface area contributed by atoms with Gasteiger partial charge in [0.1, 0.15) is 24.0 Å². The van der Waals surface area contributed by atoms with Crippen molar-refractivity contribution < 1.29 is 33.2 Å². The molecule has 5 atom stereocenters. The van der Waals surface area contributed by atoms with Crippen molar-refractivity contribution in [3.63, 3.8) is 0 Å². The predicted octanol–water partition coefficient (Wildman–Crippen LogP) is 3.49. The Labute approximate surface area is 251 Å². The molecule has 1 aliphatic rings. The van der Waals surface area contributed by atoms with E-state index < -0.39 is 41.4 Å². The van der Waals surface area contributed by atoms with Crippen LogP contribution in [0.4, 0.5) is 5.95 Å². The number of ether oxygens (including phenoxy) is 3. The number of nitrogens with zero attached hydrogens (tertiary/aromatic N) is 4. The summed E-state index contributed by atoms with van der Waals surface area (Å²) in [6.07, 6.45) is -2.62. The Balaban J connectivity index is 1.56. The molecule has 1 fully saturated rings. The van der Waals surface area contributed by atoms with Crippen LogP contribution in [0.5, 0.6) is 11.6 Å². The molecule has 4 rings (SSSR count). The standard InChI is InChI=1S/C24H31Cl2N6O7PS/c1-5-35-20-17-19(29-23(27)30-20)32(12-28-17)22-24(25,26)18(33)16(38-22)11-36-40(41,39-15-9-7-6-8-10-15)31-14(4)21(34)37-13(2)3/h6-10,12-14,16,18,22,33H,5,11H2,1-4H3,(H,31,41)(H2,27,29,30)/t14-,16-,18-,22-,40-/m1/s1. The number of aliphatic hydroxyl groups excluding tert-OH is 1. The summed E-state index contributed by atoms with van der Waals surface area (Å²) in [6, 6.07) is 7.85. The van der Waals surface area contributed by atoms with Gasteiger partial charge >= 0.3 is 12.6 Å². The number of hydrogen-bond acceptors (Lipinski definition) is 12. The molecule has 4 N–H and O–H groups in total. The number of carbonyl (C=O) groups is 1. The van der Waals surface area contributed by atoms with Gasteiger partial charge in [0.25, 0.3) is 0 Å². The first kappa shape index (κ1) is 31.6. The largest absolute Gasteiger partial charge is 0.476 e. The Morgan fingerprint density at radius 1 is 1.29 bits per heavy atom.